The van der Waals surface area contributed by atoms with Crippen molar-refractivity contribution in [2.24, 2.45) is 0 Å². The van der Waals surface area contributed by atoms with Gasteiger partial charge in [-0.1, -0.05) is 30.3 Å². The maximum Gasteiger partial charge on any atom is 0.0473 e. The molecule has 1 N–H and O–H groups in total. The average Bonchev–Trinajstić information content (AvgIpc) is 2.85. The van der Waals surface area contributed by atoms with Gasteiger partial charge in [-0.05, 0) is 45.5 Å². The molecule has 1 aliphatic heterocycles. The van der Waals surface area contributed by atoms with Crippen molar-refractivity contribution in [2.45, 2.75) is 31.8 Å². The Morgan fingerprint density at radius 1 is 1.12 bits per heavy atom. The second kappa shape index (κ2) is 5.46. The molecule has 1 heterocycles. The van der Waals surface area contributed by atoms with Gasteiger partial charge in [-0.3, -0.25) is 4.90 Å². The van der Waals surface area contributed by atoms with Gasteiger partial charge in [-0.15, -0.1) is 0 Å². The number of likely N-dealkylation sites (tertiary alicyclic amines) is 1. The topological polar surface area (TPSA) is 15.3 Å². The van der Waals surface area contributed by atoms with Crippen molar-refractivity contribution < 1.29 is 0 Å². The summed E-state index contributed by atoms with van der Waals surface area (Å²) < 4.78 is 0. The zero-order valence-electron chi connectivity index (χ0n) is 10.3. The first-order valence-electron chi connectivity index (χ1n) is 6.29. The third-order valence-corrected chi connectivity index (χ3v) is 3.67. The molecular formula is C14H22N2. The predicted molar refractivity (Wildman–Crippen MR) is 68.5 cm³/mol. The molecule has 0 spiro atoms. The van der Waals surface area contributed by atoms with Gasteiger partial charge in [-0.2, -0.15) is 0 Å². The average molecular weight is 218 g/mol. The van der Waals surface area contributed by atoms with E-state index >= 15 is 0 Å². The van der Waals surface area contributed by atoms with E-state index < -0.39 is 0 Å². The zero-order chi connectivity index (χ0) is 11.4. The van der Waals surface area contributed by atoms with Crippen LogP contribution in [0.15, 0.2) is 30.3 Å². The fraction of sp³-hybridized carbons (Fsp3) is 0.571. The standard InChI is InChI=1S/C14H22N2/c1-12(16-10-6-7-11-16)14(15-2)13-8-4-3-5-9-13/h3-5,8-9,12,14-15H,6-7,10-11H2,1-2H3/t12-,14-/m0/s1. The van der Waals surface area contributed by atoms with E-state index in [0.717, 1.165) is 0 Å². The third kappa shape index (κ3) is 2.45. The number of nitrogens with zero attached hydrogens (tertiary/aromatic N) is 1. The second-order valence-corrected chi connectivity index (χ2v) is 4.66. The molecular weight excluding hydrogens is 196 g/mol. The Morgan fingerprint density at radius 2 is 1.75 bits per heavy atom. The first kappa shape index (κ1) is 11.6. The minimum absolute atomic E-state index is 0.444. The molecule has 16 heavy (non-hydrogen) atoms. The highest BCUT2D eigenvalue weighted by Gasteiger charge is 2.25. The van der Waals surface area contributed by atoms with Gasteiger partial charge >= 0.3 is 0 Å². The van der Waals surface area contributed by atoms with Crippen LogP contribution in [0, 0.1) is 0 Å². The maximum atomic E-state index is 3.45. The molecule has 88 valence electrons. The summed E-state index contributed by atoms with van der Waals surface area (Å²) in [5.74, 6) is 0. The number of likely N-dealkylation sites (N-methyl/N-ethyl adjacent to an activating group) is 1. The Kier molecular flexibility index (Phi) is 3.97. The number of nitrogens with one attached hydrogen (secondary N) is 1. The number of rotatable bonds is 4. The summed E-state index contributed by atoms with van der Waals surface area (Å²) >= 11 is 0. The lowest BCUT2D eigenvalue weighted by molar-refractivity contribution is 0.212. The summed E-state index contributed by atoms with van der Waals surface area (Å²) in [6, 6.07) is 11.8. The molecule has 1 aromatic carbocycles. The van der Waals surface area contributed by atoms with E-state index in [4.69, 9.17) is 0 Å². The summed E-state index contributed by atoms with van der Waals surface area (Å²) in [5.41, 5.74) is 1.39. The lowest BCUT2D eigenvalue weighted by Crippen LogP contribution is -2.40. The summed E-state index contributed by atoms with van der Waals surface area (Å²) in [4.78, 5) is 2.59. The lowest BCUT2D eigenvalue weighted by atomic mass is 10.00. The van der Waals surface area contributed by atoms with Crippen molar-refractivity contribution in [3.8, 4) is 0 Å². The third-order valence-electron chi connectivity index (χ3n) is 3.67. The lowest BCUT2D eigenvalue weighted by Gasteiger charge is -2.31. The van der Waals surface area contributed by atoms with Gasteiger partial charge in [-0.25, -0.2) is 0 Å². The highest BCUT2D eigenvalue weighted by Crippen LogP contribution is 2.23. The first-order chi connectivity index (χ1) is 7.83. The summed E-state index contributed by atoms with van der Waals surface area (Å²) in [6.07, 6.45) is 2.71. The molecule has 2 heteroatoms. The van der Waals surface area contributed by atoms with Crippen molar-refractivity contribution in [2.75, 3.05) is 20.1 Å². The Morgan fingerprint density at radius 3 is 2.31 bits per heavy atom. The maximum absolute atomic E-state index is 3.45. The fourth-order valence-electron chi connectivity index (χ4n) is 2.71. The minimum atomic E-state index is 0.444. The summed E-state index contributed by atoms with van der Waals surface area (Å²) in [5, 5.41) is 3.45. The van der Waals surface area contributed by atoms with Crippen molar-refractivity contribution in [3.63, 3.8) is 0 Å². The van der Waals surface area contributed by atoms with Crippen LogP contribution in [0.5, 0.6) is 0 Å². The highest BCUT2D eigenvalue weighted by atomic mass is 15.2. The Hall–Kier alpha value is -0.860. The van der Waals surface area contributed by atoms with E-state index in [1.165, 1.54) is 31.5 Å². The van der Waals surface area contributed by atoms with Gasteiger partial charge in [0.1, 0.15) is 0 Å². The van der Waals surface area contributed by atoms with E-state index in [2.05, 4.69) is 54.5 Å². The van der Waals surface area contributed by atoms with Crippen LogP contribution >= 0.6 is 0 Å². The molecule has 0 saturated carbocycles. The quantitative estimate of drug-likeness (QED) is 0.835. The van der Waals surface area contributed by atoms with Gasteiger partial charge in [0.15, 0.2) is 0 Å². The van der Waals surface area contributed by atoms with Crippen molar-refractivity contribution in [1.29, 1.82) is 0 Å². The zero-order valence-corrected chi connectivity index (χ0v) is 10.3. The van der Waals surface area contributed by atoms with E-state index in [1.54, 1.807) is 0 Å². The predicted octanol–water partition coefficient (Wildman–Crippen LogP) is 2.43. The number of hydrogen-bond acceptors (Lipinski definition) is 2. The van der Waals surface area contributed by atoms with Crippen LogP contribution in [0.2, 0.25) is 0 Å². The van der Waals surface area contributed by atoms with Crippen LogP contribution in [0.3, 0.4) is 0 Å². The van der Waals surface area contributed by atoms with Crippen molar-refractivity contribution in [3.05, 3.63) is 35.9 Å². The Balaban J connectivity index is 2.09. The SMILES string of the molecule is CN[C@H](c1ccccc1)[C@H](C)N1CCCC1. The second-order valence-electron chi connectivity index (χ2n) is 4.66. The normalized spacial score (nSPS) is 20.9. The van der Waals surface area contributed by atoms with Crippen LogP contribution < -0.4 is 5.32 Å². The van der Waals surface area contributed by atoms with Gasteiger partial charge in [0.2, 0.25) is 0 Å². The van der Waals surface area contributed by atoms with Gasteiger partial charge in [0.25, 0.3) is 0 Å². The van der Waals surface area contributed by atoms with E-state index in [-0.39, 0.29) is 0 Å². The van der Waals surface area contributed by atoms with E-state index in [0.29, 0.717) is 12.1 Å². The van der Waals surface area contributed by atoms with Crippen LogP contribution in [0.1, 0.15) is 31.4 Å². The number of hydrogen-bond donors (Lipinski definition) is 1. The number of benzene rings is 1. The summed E-state index contributed by atoms with van der Waals surface area (Å²) in [7, 11) is 2.06. The molecule has 0 aromatic heterocycles. The molecule has 0 radical (unpaired) electrons. The van der Waals surface area contributed by atoms with Crippen molar-refractivity contribution in [1.82, 2.24) is 10.2 Å². The van der Waals surface area contributed by atoms with E-state index in [9.17, 15) is 0 Å². The molecule has 2 rings (SSSR count). The highest BCUT2D eigenvalue weighted by molar-refractivity contribution is 5.20. The largest absolute Gasteiger partial charge is 0.312 e. The van der Waals surface area contributed by atoms with Crippen LogP contribution in [-0.2, 0) is 0 Å². The molecule has 0 amide bonds. The van der Waals surface area contributed by atoms with Gasteiger partial charge in [0.05, 0.1) is 0 Å². The molecule has 2 atom stereocenters. The van der Waals surface area contributed by atoms with Gasteiger partial charge < -0.3 is 5.32 Å². The van der Waals surface area contributed by atoms with Crippen molar-refractivity contribution >= 4 is 0 Å². The monoisotopic (exact) mass is 218 g/mol. The van der Waals surface area contributed by atoms with Gasteiger partial charge in [0, 0.05) is 12.1 Å². The molecule has 1 aromatic rings. The van der Waals surface area contributed by atoms with Crippen LogP contribution in [0.4, 0.5) is 0 Å². The Labute approximate surface area is 98.7 Å². The van der Waals surface area contributed by atoms with Crippen LogP contribution in [0.25, 0.3) is 0 Å². The smallest absolute Gasteiger partial charge is 0.0473 e. The molecule has 0 aliphatic carbocycles. The fourth-order valence-corrected chi connectivity index (χ4v) is 2.71. The molecule has 1 fully saturated rings. The first-order valence-corrected chi connectivity index (χ1v) is 6.29. The van der Waals surface area contributed by atoms with Crippen LogP contribution in [-0.4, -0.2) is 31.1 Å². The molecule has 2 nitrogen and oxygen atoms in total. The molecule has 1 saturated heterocycles. The molecule has 0 unspecified atom stereocenters. The summed E-state index contributed by atoms with van der Waals surface area (Å²) in [6.45, 7) is 4.85. The molecule has 1 aliphatic rings. The molecule has 0 bridgehead atoms. The Bertz CT molecular complexity index is 304. The minimum Gasteiger partial charge on any atom is -0.312 e. The van der Waals surface area contributed by atoms with E-state index in [1.807, 2.05) is 0 Å².